The van der Waals surface area contributed by atoms with Crippen molar-refractivity contribution in [1.82, 2.24) is 0 Å². The van der Waals surface area contributed by atoms with Crippen molar-refractivity contribution in [3.63, 3.8) is 0 Å². The predicted octanol–water partition coefficient (Wildman–Crippen LogP) is 5.78. The number of allylic oxidation sites excluding steroid dienone is 3. The second kappa shape index (κ2) is 11.5. The van der Waals surface area contributed by atoms with Gasteiger partial charge in [-0.25, -0.2) is 0 Å². The zero-order chi connectivity index (χ0) is 16.1. The molecule has 1 unspecified atom stereocenters. The highest BCUT2D eigenvalue weighted by Gasteiger charge is 2.29. The Labute approximate surface area is 132 Å². The monoisotopic (exact) mass is 288 g/mol. The smallest absolute Gasteiger partial charge is 0.141 e. The van der Waals surface area contributed by atoms with Gasteiger partial charge in [-0.3, -0.25) is 0 Å². The van der Waals surface area contributed by atoms with Gasteiger partial charge < -0.3 is 0 Å². The van der Waals surface area contributed by atoms with Gasteiger partial charge in [-0.15, -0.1) is 0 Å². The van der Waals surface area contributed by atoms with Crippen molar-refractivity contribution in [2.75, 3.05) is 0 Å². The van der Waals surface area contributed by atoms with E-state index in [0.29, 0.717) is 0 Å². The van der Waals surface area contributed by atoms with Gasteiger partial charge >= 0.3 is 0 Å². The molecule has 3 heteroatoms. The van der Waals surface area contributed by atoms with E-state index >= 15 is 0 Å². The first kappa shape index (κ1) is 19.9. The van der Waals surface area contributed by atoms with Gasteiger partial charge in [0.2, 0.25) is 0 Å². The molecule has 0 aliphatic carbocycles. The van der Waals surface area contributed by atoms with Crippen molar-refractivity contribution in [3.05, 3.63) is 36.6 Å². The number of rotatable bonds is 12. The van der Waals surface area contributed by atoms with Crippen LogP contribution in [0.25, 0.3) is 0 Å². The Bertz CT molecular complexity index is 371. The number of azo groups is 1. The molecule has 0 aromatic heterocycles. The third kappa shape index (κ3) is 7.45. The molecule has 0 spiro atoms. The van der Waals surface area contributed by atoms with Crippen LogP contribution in [-0.2, 0) is 0 Å². The van der Waals surface area contributed by atoms with Gasteiger partial charge in [-0.1, -0.05) is 84.0 Å². The zero-order valence-corrected chi connectivity index (χ0v) is 14.6. The highest BCUT2D eigenvalue weighted by Crippen LogP contribution is 2.40. The summed E-state index contributed by atoms with van der Waals surface area (Å²) in [5.74, 6) is 0. The van der Waals surface area contributed by atoms with Crippen molar-refractivity contribution in [2.45, 2.75) is 72.1 Å². The standard InChI is InChI=1S/C18H33BN2/c1-6-10-12-13-15-18(5,14-11-7-2)17(16(19)8-3)21-20-9-4/h8-9H,3-4,6-7,10-15,19H2,1-2,5H3/b17-16+,21-20-. The van der Waals surface area contributed by atoms with Gasteiger partial charge in [0.1, 0.15) is 7.85 Å². The Morgan fingerprint density at radius 1 is 1.05 bits per heavy atom. The van der Waals surface area contributed by atoms with Crippen molar-refractivity contribution in [3.8, 4) is 0 Å². The minimum Gasteiger partial charge on any atom is -0.160 e. The molecular formula is C18H33BN2. The minimum atomic E-state index is 0.0918. The molecule has 0 bridgehead atoms. The highest BCUT2D eigenvalue weighted by molar-refractivity contribution is 6.23. The van der Waals surface area contributed by atoms with Crippen LogP contribution in [0.3, 0.4) is 0 Å². The fourth-order valence-corrected chi connectivity index (χ4v) is 2.74. The molecule has 1 atom stereocenters. The van der Waals surface area contributed by atoms with Crippen LogP contribution in [0.2, 0.25) is 0 Å². The molecule has 0 saturated carbocycles. The van der Waals surface area contributed by atoms with Gasteiger partial charge in [0.05, 0.1) is 5.70 Å². The number of hydrogen-bond donors (Lipinski definition) is 0. The van der Waals surface area contributed by atoms with E-state index in [1.54, 1.807) is 0 Å². The minimum absolute atomic E-state index is 0.0918. The molecule has 0 aliphatic rings. The molecule has 0 N–H and O–H groups in total. The number of hydrogen-bond acceptors (Lipinski definition) is 2. The Morgan fingerprint density at radius 3 is 2.19 bits per heavy atom. The molecule has 0 saturated heterocycles. The summed E-state index contributed by atoms with van der Waals surface area (Å²) in [4.78, 5) is 0. The van der Waals surface area contributed by atoms with Gasteiger partial charge in [0, 0.05) is 11.6 Å². The molecule has 0 aromatic carbocycles. The summed E-state index contributed by atoms with van der Waals surface area (Å²) in [7, 11) is 2.08. The Kier molecular flexibility index (Phi) is 10.9. The van der Waals surface area contributed by atoms with Crippen LogP contribution in [-0.4, -0.2) is 7.85 Å². The Morgan fingerprint density at radius 2 is 1.67 bits per heavy atom. The normalized spacial score (nSPS) is 15.6. The van der Waals surface area contributed by atoms with Crippen LogP contribution in [0, 0.1) is 5.41 Å². The summed E-state index contributed by atoms with van der Waals surface area (Å²) in [6.45, 7) is 14.4. The average molecular weight is 288 g/mol. The van der Waals surface area contributed by atoms with E-state index in [0.717, 1.165) is 17.6 Å². The summed E-state index contributed by atoms with van der Waals surface area (Å²) in [6.07, 6.45) is 13.3. The van der Waals surface area contributed by atoms with E-state index in [-0.39, 0.29) is 5.41 Å². The molecule has 0 rings (SSSR count). The molecule has 0 radical (unpaired) electrons. The maximum absolute atomic E-state index is 4.45. The number of unbranched alkanes of at least 4 members (excludes halogenated alkanes) is 4. The van der Waals surface area contributed by atoms with Gasteiger partial charge in [-0.05, 0) is 12.8 Å². The lowest BCUT2D eigenvalue weighted by Crippen LogP contribution is -2.20. The molecular weight excluding hydrogens is 255 g/mol. The first-order valence-corrected chi connectivity index (χ1v) is 8.41. The second-order valence-electron chi connectivity index (χ2n) is 6.11. The van der Waals surface area contributed by atoms with Crippen LogP contribution in [0.5, 0.6) is 0 Å². The molecule has 0 amide bonds. The summed E-state index contributed by atoms with van der Waals surface area (Å²) < 4.78 is 0. The highest BCUT2D eigenvalue weighted by atomic mass is 15.1. The maximum atomic E-state index is 4.45. The van der Waals surface area contributed by atoms with Gasteiger partial charge in [-0.2, -0.15) is 10.2 Å². The van der Waals surface area contributed by atoms with Crippen LogP contribution < -0.4 is 0 Å². The van der Waals surface area contributed by atoms with Crippen LogP contribution in [0.15, 0.2) is 46.8 Å². The number of nitrogens with zero attached hydrogens (tertiary/aromatic N) is 2. The van der Waals surface area contributed by atoms with E-state index < -0.39 is 0 Å². The molecule has 0 aromatic rings. The molecule has 0 heterocycles. The average Bonchev–Trinajstić information content (AvgIpc) is 2.49. The molecule has 0 fully saturated rings. The molecule has 21 heavy (non-hydrogen) atoms. The summed E-state index contributed by atoms with van der Waals surface area (Å²) in [5, 5.41) is 8.50. The fraction of sp³-hybridized carbons (Fsp3) is 0.667. The van der Waals surface area contributed by atoms with E-state index in [1.807, 2.05) is 6.08 Å². The van der Waals surface area contributed by atoms with E-state index in [2.05, 4.69) is 52.0 Å². The fourth-order valence-electron chi connectivity index (χ4n) is 2.74. The van der Waals surface area contributed by atoms with E-state index in [4.69, 9.17) is 0 Å². The maximum Gasteiger partial charge on any atom is 0.141 e. The first-order chi connectivity index (χ1) is 10.1. The van der Waals surface area contributed by atoms with Crippen LogP contribution >= 0.6 is 0 Å². The van der Waals surface area contributed by atoms with Crippen molar-refractivity contribution in [2.24, 2.45) is 15.6 Å². The van der Waals surface area contributed by atoms with E-state index in [9.17, 15) is 0 Å². The predicted molar refractivity (Wildman–Crippen MR) is 97.2 cm³/mol. The molecule has 0 aliphatic heterocycles. The topological polar surface area (TPSA) is 24.7 Å². The summed E-state index contributed by atoms with van der Waals surface area (Å²) >= 11 is 0. The lowest BCUT2D eigenvalue weighted by Gasteiger charge is -2.31. The summed E-state index contributed by atoms with van der Waals surface area (Å²) in [6, 6.07) is 0. The lowest BCUT2D eigenvalue weighted by atomic mass is 9.73. The van der Waals surface area contributed by atoms with E-state index in [1.165, 1.54) is 51.1 Å². The zero-order valence-electron chi connectivity index (χ0n) is 14.6. The quantitative estimate of drug-likeness (QED) is 0.188. The Balaban J connectivity index is 5.23. The van der Waals surface area contributed by atoms with Crippen molar-refractivity contribution in [1.29, 1.82) is 0 Å². The second-order valence-corrected chi connectivity index (χ2v) is 6.11. The van der Waals surface area contributed by atoms with Crippen LogP contribution in [0.1, 0.15) is 72.1 Å². The largest absolute Gasteiger partial charge is 0.160 e. The molecule has 118 valence electrons. The van der Waals surface area contributed by atoms with Crippen LogP contribution in [0.4, 0.5) is 0 Å². The third-order valence-electron chi connectivity index (χ3n) is 4.16. The van der Waals surface area contributed by atoms with Crippen molar-refractivity contribution < 1.29 is 0 Å². The summed E-state index contributed by atoms with van der Waals surface area (Å²) in [5.41, 5.74) is 2.31. The van der Waals surface area contributed by atoms with Gasteiger partial charge in [0.25, 0.3) is 0 Å². The SMILES string of the molecule is B/C(C=C)=C(/N=N\C=C)C(C)(CCCC)CCCCCC. The first-order valence-electron chi connectivity index (χ1n) is 8.41. The van der Waals surface area contributed by atoms with Gasteiger partial charge in [0.15, 0.2) is 0 Å². The third-order valence-corrected chi connectivity index (χ3v) is 4.16. The van der Waals surface area contributed by atoms with Crippen molar-refractivity contribution >= 4 is 7.85 Å². The lowest BCUT2D eigenvalue weighted by molar-refractivity contribution is 0.305. The Hall–Kier alpha value is -1.12. The molecule has 2 nitrogen and oxygen atoms in total.